The molecule has 0 aromatic heterocycles. The fraction of sp³-hybridized carbons (Fsp3) is 0.818. The number of ether oxygens (including phenoxy) is 2. The number of rotatable bonds is 2. The predicted octanol–water partition coefficient (Wildman–Crippen LogP) is -0.755. The van der Waals surface area contributed by atoms with Crippen LogP contribution in [-0.2, 0) is 9.47 Å². The summed E-state index contributed by atoms with van der Waals surface area (Å²) in [6.07, 6.45) is 3.27. The molecule has 2 heterocycles. The molecule has 0 unspecified atom stereocenters. The first-order chi connectivity index (χ1) is 7.77. The van der Waals surface area contributed by atoms with Gasteiger partial charge in [-0.25, -0.2) is 0 Å². The van der Waals surface area contributed by atoms with E-state index in [0.29, 0.717) is 0 Å². The average Bonchev–Trinajstić information content (AvgIpc) is 2.56. The van der Waals surface area contributed by atoms with Gasteiger partial charge in [-0.15, -0.1) is 0 Å². The molecule has 0 aromatic rings. The Morgan fingerprint density at radius 2 is 2.31 bits per heavy atom. The van der Waals surface area contributed by atoms with E-state index in [0.717, 1.165) is 13.0 Å². The van der Waals surface area contributed by atoms with Gasteiger partial charge >= 0.3 is 0 Å². The molecular weight excluding hydrogens is 210 g/mol. The van der Waals surface area contributed by atoms with E-state index in [9.17, 15) is 5.11 Å². The van der Waals surface area contributed by atoms with Crippen molar-refractivity contribution in [1.29, 1.82) is 0 Å². The molecule has 92 valence electrons. The molecule has 0 saturated carbocycles. The van der Waals surface area contributed by atoms with E-state index in [1.807, 2.05) is 6.08 Å². The van der Waals surface area contributed by atoms with Crippen LogP contribution in [-0.4, -0.2) is 55.0 Å². The van der Waals surface area contributed by atoms with Crippen molar-refractivity contribution < 1.29 is 19.7 Å². The molecule has 5 atom stereocenters. The van der Waals surface area contributed by atoms with E-state index in [1.165, 1.54) is 0 Å². The van der Waals surface area contributed by atoms with Gasteiger partial charge in [0.1, 0.15) is 6.10 Å². The van der Waals surface area contributed by atoms with E-state index < -0.39 is 12.2 Å². The number of allylic oxidation sites excluding steroid dienone is 1. The molecule has 0 spiro atoms. The van der Waals surface area contributed by atoms with Gasteiger partial charge in [0.15, 0.2) is 6.29 Å². The number of methoxy groups -OCH3 is 1. The van der Waals surface area contributed by atoms with Gasteiger partial charge in [0.2, 0.25) is 0 Å². The Labute approximate surface area is 95.1 Å². The molecule has 0 amide bonds. The Morgan fingerprint density at radius 3 is 3.00 bits per heavy atom. The summed E-state index contributed by atoms with van der Waals surface area (Å²) in [6.45, 7) is 0.534. The summed E-state index contributed by atoms with van der Waals surface area (Å²) in [4.78, 5) is 0. The first-order valence-electron chi connectivity index (χ1n) is 5.63. The highest BCUT2D eigenvalue weighted by atomic mass is 16.7. The van der Waals surface area contributed by atoms with Crippen molar-refractivity contribution in [3.8, 4) is 0 Å². The molecular formula is C11H19NO4. The van der Waals surface area contributed by atoms with Crippen LogP contribution >= 0.6 is 0 Å². The maximum Gasteiger partial charge on any atom is 0.162 e. The molecule has 2 aliphatic heterocycles. The lowest BCUT2D eigenvalue weighted by molar-refractivity contribution is -0.254. The van der Waals surface area contributed by atoms with Gasteiger partial charge in [-0.1, -0.05) is 12.2 Å². The summed E-state index contributed by atoms with van der Waals surface area (Å²) in [5, 5.41) is 22.5. The summed E-state index contributed by atoms with van der Waals surface area (Å²) >= 11 is 0. The van der Waals surface area contributed by atoms with Crippen molar-refractivity contribution in [2.45, 2.75) is 31.0 Å². The minimum absolute atomic E-state index is 0.0848. The zero-order chi connectivity index (χ0) is 11.5. The number of fused-ring (bicyclic) bond motifs is 1. The summed E-state index contributed by atoms with van der Waals surface area (Å²) in [6, 6.07) is -0.0918. The van der Waals surface area contributed by atoms with Crippen LogP contribution in [0.25, 0.3) is 0 Å². The fourth-order valence-corrected chi connectivity index (χ4v) is 2.46. The van der Waals surface area contributed by atoms with Crippen LogP contribution < -0.4 is 5.32 Å². The highest BCUT2D eigenvalue weighted by molar-refractivity contribution is 5.01. The molecule has 16 heavy (non-hydrogen) atoms. The van der Waals surface area contributed by atoms with Crippen molar-refractivity contribution in [3.63, 3.8) is 0 Å². The highest BCUT2D eigenvalue weighted by Crippen LogP contribution is 2.30. The first-order valence-corrected chi connectivity index (χ1v) is 5.63. The standard InChI is InChI=1S/C11H19NO4/c1-15-11-7-4-2-3-5-12-9(7)10(14)8(6-13)16-11/h2-3,7-14H,4-6H2,1H3/t7-,8-,9+,10-,11+/m1/s1. The predicted molar refractivity (Wildman–Crippen MR) is 57.8 cm³/mol. The van der Waals surface area contributed by atoms with Crippen LogP contribution in [0.3, 0.4) is 0 Å². The molecule has 1 saturated heterocycles. The van der Waals surface area contributed by atoms with Gasteiger partial charge in [-0.3, -0.25) is 0 Å². The maximum atomic E-state index is 10.1. The maximum absolute atomic E-state index is 10.1. The van der Waals surface area contributed by atoms with E-state index in [1.54, 1.807) is 7.11 Å². The first kappa shape index (κ1) is 12.0. The largest absolute Gasteiger partial charge is 0.394 e. The third kappa shape index (κ3) is 2.14. The number of hydrogen-bond acceptors (Lipinski definition) is 5. The lowest BCUT2D eigenvalue weighted by atomic mass is 9.86. The van der Waals surface area contributed by atoms with Gasteiger partial charge < -0.3 is 25.0 Å². The summed E-state index contributed by atoms with van der Waals surface area (Å²) in [7, 11) is 1.59. The highest BCUT2D eigenvalue weighted by Gasteiger charge is 2.44. The van der Waals surface area contributed by atoms with Crippen LogP contribution in [0.15, 0.2) is 12.2 Å². The van der Waals surface area contributed by atoms with Gasteiger partial charge in [0, 0.05) is 25.6 Å². The minimum atomic E-state index is -0.693. The number of aliphatic hydroxyl groups excluding tert-OH is 2. The zero-order valence-electron chi connectivity index (χ0n) is 9.37. The minimum Gasteiger partial charge on any atom is -0.394 e. The van der Waals surface area contributed by atoms with Gasteiger partial charge in [0.25, 0.3) is 0 Å². The van der Waals surface area contributed by atoms with Crippen molar-refractivity contribution in [2.75, 3.05) is 20.3 Å². The lowest BCUT2D eigenvalue weighted by Gasteiger charge is -2.43. The quantitative estimate of drug-likeness (QED) is 0.543. The lowest BCUT2D eigenvalue weighted by Crippen LogP contribution is -2.60. The molecule has 1 fully saturated rings. The third-order valence-electron chi connectivity index (χ3n) is 3.33. The summed E-state index contributed by atoms with van der Waals surface area (Å²) in [5.74, 6) is 0.0848. The molecule has 2 rings (SSSR count). The molecule has 0 radical (unpaired) electrons. The molecule has 0 aliphatic carbocycles. The van der Waals surface area contributed by atoms with Crippen molar-refractivity contribution in [1.82, 2.24) is 5.32 Å². The van der Waals surface area contributed by atoms with Gasteiger partial charge in [-0.05, 0) is 6.42 Å². The number of nitrogens with one attached hydrogen (secondary N) is 1. The number of aliphatic hydroxyl groups is 2. The van der Waals surface area contributed by atoms with E-state index in [4.69, 9.17) is 14.6 Å². The van der Waals surface area contributed by atoms with Gasteiger partial charge in [0.05, 0.1) is 12.7 Å². The van der Waals surface area contributed by atoms with Crippen LogP contribution in [0.5, 0.6) is 0 Å². The third-order valence-corrected chi connectivity index (χ3v) is 3.33. The molecule has 3 N–H and O–H groups in total. The SMILES string of the molecule is CO[C@H]1O[C@H](CO)[C@@H](O)[C@H]2NCC=CC[C@@H]12. The second-order valence-corrected chi connectivity index (χ2v) is 4.26. The van der Waals surface area contributed by atoms with Crippen molar-refractivity contribution >= 4 is 0 Å². The topological polar surface area (TPSA) is 71.0 Å². The fourth-order valence-electron chi connectivity index (χ4n) is 2.46. The zero-order valence-corrected chi connectivity index (χ0v) is 9.37. The number of hydrogen-bond donors (Lipinski definition) is 3. The van der Waals surface area contributed by atoms with E-state index in [-0.39, 0.29) is 24.9 Å². The second kappa shape index (κ2) is 5.25. The van der Waals surface area contributed by atoms with E-state index in [2.05, 4.69) is 11.4 Å². The van der Waals surface area contributed by atoms with Gasteiger partial charge in [-0.2, -0.15) is 0 Å². The van der Waals surface area contributed by atoms with E-state index >= 15 is 0 Å². The Kier molecular flexibility index (Phi) is 3.94. The molecule has 2 aliphatic rings. The Morgan fingerprint density at radius 1 is 1.50 bits per heavy atom. The van der Waals surface area contributed by atoms with Crippen molar-refractivity contribution in [3.05, 3.63) is 12.2 Å². The monoisotopic (exact) mass is 229 g/mol. The molecule has 5 nitrogen and oxygen atoms in total. The van der Waals surface area contributed by atoms with Crippen LogP contribution in [0.1, 0.15) is 6.42 Å². The van der Waals surface area contributed by atoms with Crippen molar-refractivity contribution in [2.24, 2.45) is 5.92 Å². The second-order valence-electron chi connectivity index (χ2n) is 4.26. The smallest absolute Gasteiger partial charge is 0.162 e. The molecule has 0 aromatic carbocycles. The normalized spacial score (nSPS) is 43.8. The Bertz CT molecular complexity index is 258. The Hall–Kier alpha value is -0.460. The Balaban J connectivity index is 2.15. The van der Waals surface area contributed by atoms with Crippen LogP contribution in [0.4, 0.5) is 0 Å². The molecule has 5 heteroatoms. The molecule has 0 bridgehead atoms. The van der Waals surface area contributed by atoms with Crippen LogP contribution in [0.2, 0.25) is 0 Å². The average molecular weight is 229 g/mol. The summed E-state index contributed by atoms with van der Waals surface area (Å²) < 4.78 is 10.8. The van der Waals surface area contributed by atoms with Crippen LogP contribution in [0, 0.1) is 5.92 Å². The summed E-state index contributed by atoms with van der Waals surface area (Å²) in [5.41, 5.74) is 0.